The van der Waals surface area contributed by atoms with Crippen LogP contribution in [0.25, 0.3) is 6.08 Å². The fraction of sp³-hybridized carbons (Fsp3) is 0.689. The number of aliphatic imine (C=N–C) groups is 1. The number of nitrogens with zero attached hydrogens (tertiary/aromatic N) is 2. The summed E-state index contributed by atoms with van der Waals surface area (Å²) in [6.07, 6.45) is 2.24. The number of ketones is 1. The summed E-state index contributed by atoms with van der Waals surface area (Å²) in [5.41, 5.74) is -3.93. The lowest BCUT2D eigenvalue weighted by molar-refractivity contribution is -0.297. The van der Waals surface area contributed by atoms with Crippen molar-refractivity contribution < 1.29 is 47.9 Å². The molecule has 3 saturated heterocycles. The number of esters is 1. The maximum atomic E-state index is 16.9. The van der Waals surface area contributed by atoms with E-state index in [0.717, 1.165) is 18.1 Å². The van der Waals surface area contributed by atoms with Crippen molar-refractivity contribution >= 4 is 29.4 Å². The zero-order chi connectivity index (χ0) is 42.5. The molecule has 13 atom stereocenters. The van der Waals surface area contributed by atoms with Gasteiger partial charge in [0, 0.05) is 30.5 Å². The summed E-state index contributed by atoms with van der Waals surface area (Å²) in [5, 5.41) is 24.2. The maximum Gasteiger partial charge on any atom is 0.351 e. The SMILES string of the molecule is CC[C@H]1OC(=O)[C@@](C)(F)C(=O)C(C)[C@@H](O[C@@H]2O[C@H](C)C[C@H](N(C)CC)[C@H]2O)[C@@]2(C)C[C@@H](C)/C(=N\C(C)=O)[C@H](C)[C@@H](CC/C(=C\C=C\c3ccccc3)CO2)[C@]1(C)O. The van der Waals surface area contributed by atoms with Crippen LogP contribution in [0.3, 0.4) is 0 Å². The quantitative estimate of drug-likeness (QED) is 0.227. The van der Waals surface area contributed by atoms with Gasteiger partial charge in [-0.15, -0.1) is 0 Å². The minimum Gasteiger partial charge on any atom is -0.457 e. The van der Waals surface area contributed by atoms with E-state index in [1.807, 2.05) is 88.2 Å². The summed E-state index contributed by atoms with van der Waals surface area (Å²) in [5.74, 6) is -5.95. The number of halogens is 1. The highest BCUT2D eigenvalue weighted by molar-refractivity contribution is 6.08. The number of aliphatic hydroxyl groups is 2. The second kappa shape index (κ2) is 19.3. The molecule has 11 nitrogen and oxygen atoms in total. The van der Waals surface area contributed by atoms with Gasteiger partial charge in [0.15, 0.2) is 12.1 Å². The lowest BCUT2D eigenvalue weighted by atomic mass is 9.68. The van der Waals surface area contributed by atoms with Crippen LogP contribution in [0.15, 0.2) is 53.0 Å². The van der Waals surface area contributed by atoms with Gasteiger partial charge in [0.25, 0.3) is 5.67 Å². The number of ether oxygens (including phenoxy) is 4. The van der Waals surface area contributed by atoms with Crippen molar-refractivity contribution in [3.63, 3.8) is 0 Å². The zero-order valence-electron chi connectivity index (χ0n) is 35.9. The van der Waals surface area contributed by atoms with E-state index in [4.69, 9.17) is 18.9 Å². The second-order valence-electron chi connectivity index (χ2n) is 17.2. The minimum absolute atomic E-state index is 0.0662. The van der Waals surface area contributed by atoms with Gasteiger partial charge in [-0.2, -0.15) is 0 Å². The molecule has 318 valence electrons. The van der Waals surface area contributed by atoms with Gasteiger partial charge >= 0.3 is 5.97 Å². The van der Waals surface area contributed by atoms with Gasteiger partial charge in [-0.25, -0.2) is 14.2 Å². The highest BCUT2D eigenvalue weighted by Gasteiger charge is 2.56. The summed E-state index contributed by atoms with van der Waals surface area (Å²) >= 11 is 0. The van der Waals surface area contributed by atoms with Crippen molar-refractivity contribution in [2.75, 3.05) is 20.2 Å². The first-order chi connectivity index (χ1) is 26.7. The van der Waals surface area contributed by atoms with Crippen molar-refractivity contribution in [1.82, 2.24) is 4.90 Å². The van der Waals surface area contributed by atoms with Crippen LogP contribution in [0.5, 0.6) is 0 Å². The predicted octanol–water partition coefficient (Wildman–Crippen LogP) is 6.68. The van der Waals surface area contributed by atoms with E-state index in [1.54, 1.807) is 20.8 Å². The normalized spacial score (nSPS) is 40.5. The number of amides is 1. The molecule has 0 spiro atoms. The molecule has 3 aliphatic heterocycles. The van der Waals surface area contributed by atoms with E-state index >= 15 is 4.39 Å². The molecular formula is C45H67FN2O9. The highest BCUT2D eigenvalue weighted by Crippen LogP contribution is 2.43. The number of benzene rings is 1. The lowest BCUT2D eigenvalue weighted by Crippen LogP contribution is -2.61. The number of carbonyl (C=O) groups is 3. The minimum atomic E-state index is -3.14. The Morgan fingerprint density at radius 3 is 2.37 bits per heavy atom. The highest BCUT2D eigenvalue weighted by atomic mass is 19.1. The number of likely N-dealkylation sites (N-methyl/N-ethyl adjacent to an activating group) is 1. The Kier molecular flexibility index (Phi) is 15.8. The van der Waals surface area contributed by atoms with E-state index in [1.165, 1.54) is 13.8 Å². The standard InChI is InChI=1S/C45H67FN2O9/c1-12-36-45(10,53)34-23-22-33(21-17-20-32-18-15-14-16-19-32)26-54-43(8,25-27(3)37(29(34)5)47-31(7)49)40(30(6)39(51)44(9,46)42(52)56-36)57-41-38(50)35(48(11)13-2)24-28(4)55-41/h14-21,27-30,34-36,38,40-41,50,53H,12-13,22-26H2,1-11H3/b20-17+,33-21+,47-37+/t27-,28-,29-,30?,34-,35+,36-,38-,40-,41+,43-,44+,45+/m1/s1. The van der Waals surface area contributed by atoms with Crippen molar-refractivity contribution in [2.45, 2.75) is 155 Å². The number of Topliss-reactive ketones (excluding diaryl/α,β-unsaturated/α-hetero) is 1. The Labute approximate surface area is 339 Å². The van der Waals surface area contributed by atoms with Gasteiger partial charge in [0.05, 0.1) is 24.4 Å². The number of fused-ring (bicyclic) bond motifs is 5. The monoisotopic (exact) mass is 798 g/mol. The molecule has 12 heteroatoms. The van der Waals surface area contributed by atoms with E-state index in [-0.39, 0.29) is 31.6 Å². The van der Waals surface area contributed by atoms with E-state index in [2.05, 4.69) is 4.99 Å². The molecule has 4 rings (SSSR count). The predicted molar refractivity (Wildman–Crippen MR) is 218 cm³/mol. The molecule has 0 aromatic heterocycles. The van der Waals surface area contributed by atoms with Crippen molar-refractivity contribution in [2.24, 2.45) is 28.7 Å². The average molecular weight is 799 g/mol. The van der Waals surface area contributed by atoms with Gasteiger partial charge < -0.3 is 34.1 Å². The van der Waals surface area contributed by atoms with Crippen molar-refractivity contribution in [3.8, 4) is 0 Å². The van der Waals surface area contributed by atoms with Gasteiger partial charge in [0.1, 0.15) is 17.8 Å². The third-order valence-corrected chi connectivity index (χ3v) is 12.7. The Balaban J connectivity index is 2.00. The summed E-state index contributed by atoms with van der Waals surface area (Å²) in [6.45, 7) is 17.2. The van der Waals surface area contributed by atoms with Gasteiger partial charge in [0.2, 0.25) is 5.91 Å². The van der Waals surface area contributed by atoms with Gasteiger partial charge in [-0.3, -0.25) is 9.59 Å². The van der Waals surface area contributed by atoms with Crippen LogP contribution in [-0.4, -0.2) is 112 Å². The first-order valence-electron chi connectivity index (χ1n) is 20.7. The fourth-order valence-corrected chi connectivity index (χ4v) is 9.24. The summed E-state index contributed by atoms with van der Waals surface area (Å²) in [6, 6.07) is 9.49. The molecule has 3 aliphatic rings. The molecule has 1 aromatic rings. The molecule has 3 heterocycles. The molecule has 2 N–H and O–H groups in total. The number of allylic oxidation sites excluding steroid dienone is 2. The topological polar surface area (TPSA) is 144 Å². The molecular weight excluding hydrogens is 731 g/mol. The lowest BCUT2D eigenvalue weighted by Gasteiger charge is -2.48. The number of rotatable bonds is 7. The number of hydrogen-bond acceptors (Lipinski definition) is 10. The molecule has 0 radical (unpaired) electrons. The van der Waals surface area contributed by atoms with Gasteiger partial charge in [-0.05, 0) is 96.4 Å². The average Bonchev–Trinajstić information content (AvgIpc) is 3.17. The first kappa shape index (κ1) is 46.6. The molecule has 1 amide bonds. The number of cyclic esters (lactones) is 1. The summed E-state index contributed by atoms with van der Waals surface area (Å²) in [4.78, 5) is 47.7. The van der Waals surface area contributed by atoms with Crippen LogP contribution in [0.2, 0.25) is 0 Å². The molecule has 2 bridgehead atoms. The summed E-state index contributed by atoms with van der Waals surface area (Å²) in [7, 11) is 1.90. The number of alkyl halides is 1. The van der Waals surface area contributed by atoms with Gasteiger partial charge in [-0.1, -0.05) is 83.2 Å². The Hall–Kier alpha value is -3.13. The van der Waals surface area contributed by atoms with Crippen LogP contribution >= 0.6 is 0 Å². The third-order valence-electron chi connectivity index (χ3n) is 12.7. The molecule has 1 aromatic carbocycles. The molecule has 0 saturated carbocycles. The van der Waals surface area contributed by atoms with Crippen LogP contribution in [0.4, 0.5) is 4.39 Å². The fourth-order valence-electron chi connectivity index (χ4n) is 9.24. The van der Waals surface area contributed by atoms with Crippen molar-refractivity contribution in [3.05, 3.63) is 53.6 Å². The Morgan fingerprint density at radius 1 is 1.09 bits per heavy atom. The number of aliphatic hydroxyl groups excluding tert-OH is 1. The maximum absolute atomic E-state index is 16.9. The van der Waals surface area contributed by atoms with E-state index in [9.17, 15) is 24.6 Å². The third kappa shape index (κ3) is 10.7. The largest absolute Gasteiger partial charge is 0.457 e. The number of hydrogen-bond donors (Lipinski definition) is 2. The second-order valence-corrected chi connectivity index (χ2v) is 17.2. The van der Waals surface area contributed by atoms with Crippen molar-refractivity contribution in [1.29, 1.82) is 0 Å². The molecule has 0 aliphatic carbocycles. The van der Waals surface area contributed by atoms with E-state index in [0.29, 0.717) is 31.5 Å². The molecule has 1 unspecified atom stereocenters. The van der Waals surface area contributed by atoms with Crippen LogP contribution < -0.4 is 0 Å². The van der Waals surface area contributed by atoms with Crippen LogP contribution in [0.1, 0.15) is 107 Å². The first-order valence-corrected chi connectivity index (χ1v) is 20.7. The molecule has 3 fully saturated rings. The Bertz CT molecular complexity index is 1640. The molecule has 57 heavy (non-hydrogen) atoms. The zero-order valence-corrected chi connectivity index (χ0v) is 35.9. The van der Waals surface area contributed by atoms with Crippen LogP contribution in [0, 0.1) is 23.7 Å². The van der Waals surface area contributed by atoms with Crippen LogP contribution in [-0.2, 0) is 33.3 Å². The number of carbonyl (C=O) groups excluding carboxylic acids is 3. The van der Waals surface area contributed by atoms with E-state index < -0.39 is 82.8 Å². The Morgan fingerprint density at radius 2 is 1.75 bits per heavy atom. The summed E-state index contributed by atoms with van der Waals surface area (Å²) < 4.78 is 42.7. The smallest absolute Gasteiger partial charge is 0.351 e.